The maximum absolute atomic E-state index is 4.47. The van der Waals surface area contributed by atoms with E-state index >= 15 is 0 Å². The molecule has 0 aliphatic carbocycles. The van der Waals surface area contributed by atoms with Gasteiger partial charge in [-0.3, -0.25) is 4.68 Å². The predicted molar refractivity (Wildman–Crippen MR) is 75.2 cm³/mol. The Morgan fingerprint density at radius 3 is 3.11 bits per heavy atom. The van der Waals surface area contributed by atoms with Crippen LogP contribution in [0.5, 0.6) is 0 Å². The van der Waals surface area contributed by atoms with Crippen molar-refractivity contribution in [2.24, 2.45) is 7.05 Å². The van der Waals surface area contributed by atoms with Gasteiger partial charge in [-0.1, -0.05) is 0 Å². The molecule has 2 aromatic rings. The molecule has 0 bridgehead atoms. The molecule has 2 aromatic heterocycles. The Bertz CT molecular complexity index is 557. The maximum Gasteiger partial charge on any atom is 0.163 e. The second kappa shape index (κ2) is 5.13. The van der Waals surface area contributed by atoms with Gasteiger partial charge in [0.25, 0.3) is 0 Å². The van der Waals surface area contributed by atoms with E-state index in [0.29, 0.717) is 6.04 Å². The van der Waals surface area contributed by atoms with Crippen LogP contribution in [0, 0.1) is 0 Å². The number of likely N-dealkylation sites (N-methyl/N-ethyl adjacent to an activating group) is 1. The monoisotopic (exact) mass is 260 g/mol. The van der Waals surface area contributed by atoms with Gasteiger partial charge in [-0.15, -0.1) is 0 Å². The number of hydrogen-bond acceptors (Lipinski definition) is 5. The first-order chi connectivity index (χ1) is 9.29. The molecule has 6 heteroatoms. The Balaban J connectivity index is 1.91. The fraction of sp³-hybridized carbons (Fsp3) is 0.615. The molecule has 1 aliphatic heterocycles. The number of fused-ring (bicyclic) bond motifs is 1. The molecule has 1 unspecified atom stereocenters. The highest BCUT2D eigenvalue weighted by Crippen LogP contribution is 2.22. The Kier molecular flexibility index (Phi) is 3.33. The van der Waals surface area contributed by atoms with E-state index in [1.807, 2.05) is 13.2 Å². The van der Waals surface area contributed by atoms with Crippen molar-refractivity contribution in [2.45, 2.75) is 25.8 Å². The summed E-state index contributed by atoms with van der Waals surface area (Å²) in [6, 6.07) is 0.571. The molecule has 19 heavy (non-hydrogen) atoms. The van der Waals surface area contributed by atoms with Gasteiger partial charge in [0.15, 0.2) is 5.65 Å². The number of hydrogen-bond donors (Lipinski definition) is 1. The zero-order chi connectivity index (χ0) is 13.2. The number of aromatic nitrogens is 4. The summed E-state index contributed by atoms with van der Waals surface area (Å²) in [5.41, 5.74) is 0.892. The molecule has 0 radical (unpaired) electrons. The van der Waals surface area contributed by atoms with Crippen molar-refractivity contribution in [3.8, 4) is 0 Å². The number of aryl methyl sites for hydroxylation is 1. The van der Waals surface area contributed by atoms with Gasteiger partial charge in [0.05, 0.1) is 11.6 Å². The summed E-state index contributed by atoms with van der Waals surface area (Å²) < 4.78 is 1.79. The second-order valence-electron chi connectivity index (χ2n) is 5.03. The molecule has 0 aromatic carbocycles. The van der Waals surface area contributed by atoms with Gasteiger partial charge >= 0.3 is 0 Å². The van der Waals surface area contributed by atoms with E-state index in [9.17, 15) is 0 Å². The van der Waals surface area contributed by atoms with E-state index in [2.05, 4.69) is 32.2 Å². The van der Waals surface area contributed by atoms with Gasteiger partial charge < -0.3 is 10.2 Å². The fourth-order valence-electron chi connectivity index (χ4n) is 2.75. The highest BCUT2D eigenvalue weighted by molar-refractivity contribution is 5.86. The minimum Gasteiger partial charge on any atom is -0.355 e. The summed E-state index contributed by atoms with van der Waals surface area (Å²) in [6.07, 6.45) is 6.01. The van der Waals surface area contributed by atoms with Gasteiger partial charge in [-0.05, 0) is 26.3 Å². The third-order valence-corrected chi connectivity index (χ3v) is 3.79. The van der Waals surface area contributed by atoms with E-state index in [1.165, 1.54) is 12.8 Å². The molecule has 6 nitrogen and oxygen atoms in total. The normalized spacial score (nSPS) is 19.2. The molecular weight excluding hydrogens is 240 g/mol. The molecule has 3 rings (SSSR count). The lowest BCUT2D eigenvalue weighted by atomic mass is 10.2. The van der Waals surface area contributed by atoms with Gasteiger partial charge in [0.1, 0.15) is 12.1 Å². The zero-order valence-electron chi connectivity index (χ0n) is 11.5. The van der Waals surface area contributed by atoms with Crippen molar-refractivity contribution in [1.29, 1.82) is 0 Å². The first-order valence-corrected chi connectivity index (χ1v) is 6.90. The number of anilines is 1. The van der Waals surface area contributed by atoms with E-state index in [1.54, 1.807) is 11.0 Å². The van der Waals surface area contributed by atoms with Gasteiger partial charge in [-0.2, -0.15) is 5.10 Å². The summed E-state index contributed by atoms with van der Waals surface area (Å²) in [6.45, 7) is 5.24. The van der Waals surface area contributed by atoms with Crippen molar-refractivity contribution in [1.82, 2.24) is 25.1 Å². The molecule has 0 spiro atoms. The minimum absolute atomic E-state index is 0.571. The number of nitrogens with one attached hydrogen (secondary N) is 1. The predicted octanol–water partition coefficient (Wildman–Crippen LogP) is 0.942. The first-order valence-electron chi connectivity index (χ1n) is 6.90. The highest BCUT2D eigenvalue weighted by Gasteiger charge is 2.20. The van der Waals surface area contributed by atoms with Crippen LogP contribution in [0.2, 0.25) is 0 Å². The molecule has 1 fully saturated rings. The van der Waals surface area contributed by atoms with Crippen LogP contribution in [0.3, 0.4) is 0 Å². The summed E-state index contributed by atoms with van der Waals surface area (Å²) in [5.74, 6) is 0.995. The Labute approximate surface area is 112 Å². The highest BCUT2D eigenvalue weighted by atomic mass is 15.3. The van der Waals surface area contributed by atoms with Gasteiger partial charge in [-0.25, -0.2) is 9.97 Å². The minimum atomic E-state index is 0.571. The maximum atomic E-state index is 4.47. The SMILES string of the molecule is CCN(CC1CCCN1)c1ncnc2c1cnn2C. The second-order valence-corrected chi connectivity index (χ2v) is 5.03. The van der Waals surface area contributed by atoms with E-state index in [0.717, 1.165) is 36.5 Å². The van der Waals surface area contributed by atoms with Crippen molar-refractivity contribution in [2.75, 3.05) is 24.5 Å². The van der Waals surface area contributed by atoms with E-state index in [4.69, 9.17) is 0 Å². The molecule has 1 N–H and O–H groups in total. The summed E-state index contributed by atoms with van der Waals surface area (Å²) >= 11 is 0. The summed E-state index contributed by atoms with van der Waals surface area (Å²) in [4.78, 5) is 11.1. The molecule has 0 saturated carbocycles. The van der Waals surface area contributed by atoms with Crippen LogP contribution in [0.15, 0.2) is 12.5 Å². The third-order valence-electron chi connectivity index (χ3n) is 3.79. The topological polar surface area (TPSA) is 58.9 Å². The van der Waals surface area contributed by atoms with E-state index in [-0.39, 0.29) is 0 Å². The lowest BCUT2D eigenvalue weighted by molar-refractivity contribution is 0.584. The first kappa shape index (κ1) is 12.3. The van der Waals surface area contributed by atoms with Gasteiger partial charge in [0.2, 0.25) is 0 Å². The largest absolute Gasteiger partial charge is 0.355 e. The summed E-state index contributed by atoms with van der Waals surface area (Å²) in [7, 11) is 1.91. The fourth-order valence-corrected chi connectivity index (χ4v) is 2.75. The Hall–Kier alpha value is -1.69. The molecule has 102 valence electrons. The summed E-state index contributed by atoms with van der Waals surface area (Å²) in [5, 5.41) is 8.85. The van der Waals surface area contributed by atoms with Crippen molar-refractivity contribution < 1.29 is 0 Å². The van der Waals surface area contributed by atoms with Crippen molar-refractivity contribution in [3.05, 3.63) is 12.5 Å². The van der Waals surface area contributed by atoms with E-state index < -0.39 is 0 Å². The Morgan fingerprint density at radius 1 is 1.47 bits per heavy atom. The quantitative estimate of drug-likeness (QED) is 0.886. The average molecular weight is 260 g/mol. The lowest BCUT2D eigenvalue weighted by Gasteiger charge is -2.25. The van der Waals surface area contributed by atoms with Crippen LogP contribution < -0.4 is 10.2 Å². The van der Waals surface area contributed by atoms with Crippen LogP contribution in [0.1, 0.15) is 19.8 Å². The lowest BCUT2D eigenvalue weighted by Crippen LogP contribution is -2.38. The smallest absolute Gasteiger partial charge is 0.163 e. The number of nitrogens with zero attached hydrogens (tertiary/aromatic N) is 5. The average Bonchev–Trinajstić information content (AvgIpc) is 3.06. The third kappa shape index (κ3) is 2.28. The molecule has 0 amide bonds. The number of rotatable bonds is 4. The van der Waals surface area contributed by atoms with Crippen LogP contribution >= 0.6 is 0 Å². The zero-order valence-corrected chi connectivity index (χ0v) is 11.5. The van der Waals surface area contributed by atoms with Crippen LogP contribution in [-0.4, -0.2) is 45.4 Å². The van der Waals surface area contributed by atoms with Crippen LogP contribution in [-0.2, 0) is 7.05 Å². The van der Waals surface area contributed by atoms with Crippen molar-refractivity contribution >= 4 is 16.9 Å². The molecule has 1 aliphatic rings. The molecule has 1 atom stereocenters. The standard InChI is InChI=1S/C13H20N6/c1-3-19(8-10-5-4-6-14-10)13-11-7-17-18(2)12(11)15-9-16-13/h7,9-10,14H,3-6,8H2,1-2H3. The Morgan fingerprint density at radius 2 is 2.37 bits per heavy atom. The molecular formula is C13H20N6. The van der Waals surface area contributed by atoms with Crippen LogP contribution in [0.25, 0.3) is 11.0 Å². The molecule has 1 saturated heterocycles. The van der Waals surface area contributed by atoms with Crippen LogP contribution in [0.4, 0.5) is 5.82 Å². The van der Waals surface area contributed by atoms with Gasteiger partial charge in [0, 0.05) is 26.2 Å². The molecule has 3 heterocycles. The van der Waals surface area contributed by atoms with Crippen molar-refractivity contribution in [3.63, 3.8) is 0 Å².